The smallest absolute Gasteiger partial charge is 0.261 e. The molecule has 3 rings (SSSR count). The topological polar surface area (TPSA) is 51.2 Å². The normalized spacial score (nSPS) is 12.9. The van der Waals surface area contributed by atoms with Gasteiger partial charge in [0.25, 0.3) is 5.91 Å². The Morgan fingerprint density at radius 2 is 1.74 bits per heavy atom. The second-order valence-corrected chi connectivity index (χ2v) is 6.70. The Morgan fingerprint density at radius 3 is 2.44 bits per heavy atom. The fraction of sp³-hybridized carbons (Fsp3) is 0.143. The molecule has 2 aromatic carbocycles. The predicted molar refractivity (Wildman–Crippen MR) is 107 cm³/mol. The van der Waals surface area contributed by atoms with Crippen LogP contribution in [-0.4, -0.2) is 17.0 Å². The molecule has 0 aliphatic rings. The summed E-state index contributed by atoms with van der Waals surface area (Å²) in [7, 11) is 0. The van der Waals surface area contributed by atoms with Gasteiger partial charge in [-0.2, -0.15) is 0 Å². The lowest BCUT2D eigenvalue weighted by molar-refractivity contribution is -0.127. The van der Waals surface area contributed by atoms with Crippen LogP contribution in [0.2, 0.25) is 10.0 Å². The molecular weight excluding hydrogens is 383 g/mol. The molecule has 27 heavy (non-hydrogen) atoms. The Balaban J connectivity index is 1.79. The minimum Gasteiger partial charge on any atom is -0.479 e. The van der Waals surface area contributed by atoms with Gasteiger partial charge >= 0.3 is 0 Å². The maximum atomic E-state index is 12.8. The van der Waals surface area contributed by atoms with Crippen LogP contribution in [0.3, 0.4) is 0 Å². The van der Waals surface area contributed by atoms with E-state index in [1.54, 1.807) is 31.3 Å². The van der Waals surface area contributed by atoms with E-state index >= 15 is 0 Å². The quantitative estimate of drug-likeness (QED) is 0.628. The Labute approximate surface area is 168 Å². The second-order valence-electron chi connectivity index (χ2n) is 5.92. The Bertz CT molecular complexity index is 865. The van der Waals surface area contributed by atoms with Crippen LogP contribution in [0.1, 0.15) is 24.2 Å². The molecule has 1 amide bonds. The zero-order valence-electron chi connectivity index (χ0n) is 14.6. The molecule has 0 aliphatic heterocycles. The van der Waals surface area contributed by atoms with Crippen molar-refractivity contribution in [2.75, 3.05) is 0 Å². The van der Waals surface area contributed by atoms with Gasteiger partial charge in [0.2, 0.25) is 0 Å². The molecule has 1 heterocycles. The molecule has 4 nitrogen and oxygen atoms in total. The minimum absolute atomic E-state index is 0.281. The minimum atomic E-state index is -0.768. The highest BCUT2D eigenvalue weighted by atomic mass is 35.5. The van der Waals surface area contributed by atoms with E-state index in [0.717, 1.165) is 11.3 Å². The van der Waals surface area contributed by atoms with Crippen molar-refractivity contribution in [3.8, 4) is 5.75 Å². The van der Waals surface area contributed by atoms with Crippen molar-refractivity contribution in [3.63, 3.8) is 0 Å². The van der Waals surface area contributed by atoms with E-state index in [9.17, 15) is 4.79 Å². The average molecular weight is 401 g/mol. The van der Waals surface area contributed by atoms with Gasteiger partial charge in [-0.05, 0) is 36.8 Å². The molecule has 0 saturated heterocycles. The first-order valence-electron chi connectivity index (χ1n) is 8.43. The maximum Gasteiger partial charge on any atom is 0.261 e. The molecule has 1 aromatic heterocycles. The number of benzene rings is 2. The molecule has 3 aromatic rings. The lowest BCUT2D eigenvalue weighted by Crippen LogP contribution is -2.39. The van der Waals surface area contributed by atoms with Crippen molar-refractivity contribution in [2.45, 2.75) is 19.1 Å². The van der Waals surface area contributed by atoms with E-state index in [0.29, 0.717) is 10.8 Å². The number of halogens is 2. The first kappa shape index (κ1) is 19.2. The number of amides is 1. The summed E-state index contributed by atoms with van der Waals surface area (Å²) in [4.78, 5) is 17.1. The number of ether oxygens (including phenoxy) is 1. The molecule has 0 spiro atoms. The lowest BCUT2D eigenvalue weighted by atomic mass is 10.0. The number of carbonyl (C=O) groups is 1. The average Bonchev–Trinajstić information content (AvgIpc) is 2.70. The van der Waals surface area contributed by atoms with E-state index in [2.05, 4.69) is 10.3 Å². The van der Waals surface area contributed by atoms with E-state index in [1.807, 2.05) is 48.5 Å². The molecule has 1 N–H and O–H groups in total. The van der Waals surface area contributed by atoms with Crippen molar-refractivity contribution in [3.05, 3.63) is 94.2 Å². The summed E-state index contributed by atoms with van der Waals surface area (Å²) in [6, 6.07) is 19.9. The molecule has 0 bridgehead atoms. The zero-order chi connectivity index (χ0) is 19.2. The molecular formula is C21H18Cl2N2O2. The molecule has 0 saturated carbocycles. The van der Waals surface area contributed by atoms with Crippen LogP contribution in [0.25, 0.3) is 0 Å². The van der Waals surface area contributed by atoms with Gasteiger partial charge in [-0.1, -0.05) is 65.7 Å². The first-order chi connectivity index (χ1) is 13.1. The van der Waals surface area contributed by atoms with Gasteiger partial charge < -0.3 is 10.1 Å². The van der Waals surface area contributed by atoms with Crippen molar-refractivity contribution >= 4 is 29.1 Å². The highest BCUT2D eigenvalue weighted by Crippen LogP contribution is 2.32. The molecule has 6 heteroatoms. The Hall–Kier alpha value is -2.56. The van der Waals surface area contributed by atoms with Crippen LogP contribution in [0.5, 0.6) is 5.75 Å². The van der Waals surface area contributed by atoms with E-state index in [4.69, 9.17) is 27.9 Å². The van der Waals surface area contributed by atoms with Crippen LogP contribution >= 0.6 is 23.2 Å². The van der Waals surface area contributed by atoms with Gasteiger partial charge in [0.05, 0.1) is 16.8 Å². The highest BCUT2D eigenvalue weighted by Gasteiger charge is 2.23. The number of nitrogens with one attached hydrogen (secondary N) is 1. The molecule has 0 fully saturated rings. The van der Waals surface area contributed by atoms with Crippen LogP contribution in [0, 0.1) is 0 Å². The van der Waals surface area contributed by atoms with Gasteiger partial charge in [0, 0.05) is 6.20 Å². The number of carbonyl (C=O) groups excluding carboxylic acids is 1. The molecule has 2 unspecified atom stereocenters. The molecule has 138 valence electrons. The number of nitrogens with zero attached hydrogens (tertiary/aromatic N) is 1. The first-order valence-corrected chi connectivity index (χ1v) is 9.19. The Kier molecular flexibility index (Phi) is 6.32. The summed E-state index contributed by atoms with van der Waals surface area (Å²) in [5.74, 6) is 0.0754. The van der Waals surface area contributed by atoms with Gasteiger partial charge in [-0.3, -0.25) is 9.78 Å². The summed E-state index contributed by atoms with van der Waals surface area (Å²) >= 11 is 12.1. The van der Waals surface area contributed by atoms with Crippen LogP contribution in [0.15, 0.2) is 72.9 Å². The van der Waals surface area contributed by atoms with Crippen LogP contribution in [0.4, 0.5) is 0 Å². The third-order valence-electron chi connectivity index (χ3n) is 3.99. The molecule has 2 atom stereocenters. The van der Waals surface area contributed by atoms with E-state index in [-0.39, 0.29) is 17.0 Å². The van der Waals surface area contributed by atoms with Gasteiger partial charge in [-0.15, -0.1) is 0 Å². The third-order valence-corrected chi connectivity index (χ3v) is 4.79. The lowest BCUT2D eigenvalue weighted by Gasteiger charge is -2.22. The van der Waals surface area contributed by atoms with Crippen molar-refractivity contribution in [2.24, 2.45) is 0 Å². The van der Waals surface area contributed by atoms with E-state index < -0.39 is 6.10 Å². The SMILES string of the molecule is CC(Oc1cccc(Cl)c1Cl)C(=O)NC(c1ccccc1)c1ccccn1. The number of hydrogen-bond donors (Lipinski definition) is 1. The van der Waals surface area contributed by atoms with E-state index in [1.165, 1.54) is 0 Å². The summed E-state index contributed by atoms with van der Waals surface area (Å²) in [5.41, 5.74) is 1.67. The summed E-state index contributed by atoms with van der Waals surface area (Å²) < 4.78 is 5.71. The third kappa shape index (κ3) is 4.79. The van der Waals surface area contributed by atoms with Crippen molar-refractivity contribution < 1.29 is 9.53 Å². The zero-order valence-corrected chi connectivity index (χ0v) is 16.1. The number of pyridine rings is 1. The van der Waals surface area contributed by atoms with Crippen molar-refractivity contribution in [1.82, 2.24) is 10.3 Å². The monoisotopic (exact) mass is 400 g/mol. The number of aromatic nitrogens is 1. The summed E-state index contributed by atoms with van der Waals surface area (Å²) in [6.45, 7) is 1.66. The maximum absolute atomic E-state index is 12.8. The number of rotatable bonds is 6. The fourth-order valence-electron chi connectivity index (χ4n) is 2.60. The highest BCUT2D eigenvalue weighted by molar-refractivity contribution is 6.42. The second kappa shape index (κ2) is 8.89. The van der Waals surface area contributed by atoms with Gasteiger partial charge in [0.15, 0.2) is 6.10 Å². The summed E-state index contributed by atoms with van der Waals surface area (Å²) in [5, 5.41) is 3.65. The van der Waals surface area contributed by atoms with Crippen molar-refractivity contribution in [1.29, 1.82) is 0 Å². The summed E-state index contributed by atoms with van der Waals surface area (Å²) in [6.07, 6.45) is 0.930. The fourth-order valence-corrected chi connectivity index (χ4v) is 2.94. The molecule has 0 radical (unpaired) electrons. The van der Waals surface area contributed by atoms with Crippen LogP contribution in [-0.2, 0) is 4.79 Å². The standard InChI is InChI=1S/C21H18Cl2N2O2/c1-14(27-18-12-7-10-16(22)19(18)23)21(26)25-20(15-8-3-2-4-9-15)17-11-5-6-13-24-17/h2-14,20H,1H3,(H,25,26). The largest absolute Gasteiger partial charge is 0.479 e. The van der Waals surface area contributed by atoms with Crippen LogP contribution < -0.4 is 10.1 Å². The van der Waals surface area contributed by atoms with Gasteiger partial charge in [-0.25, -0.2) is 0 Å². The Morgan fingerprint density at radius 1 is 1.00 bits per heavy atom. The number of hydrogen-bond acceptors (Lipinski definition) is 3. The molecule has 0 aliphatic carbocycles. The van der Waals surface area contributed by atoms with Gasteiger partial charge in [0.1, 0.15) is 10.8 Å². The predicted octanol–water partition coefficient (Wildman–Crippen LogP) is 5.06.